The summed E-state index contributed by atoms with van der Waals surface area (Å²) in [4.78, 5) is 34.4. The first-order valence-corrected chi connectivity index (χ1v) is 9.80. The molecule has 3 aromatic heterocycles. The number of hydrogen-bond acceptors (Lipinski definition) is 5. The number of carbonyl (C=O) groups excluding carboxylic acids is 1. The van der Waals surface area contributed by atoms with Gasteiger partial charge in [-0.2, -0.15) is 0 Å². The molecule has 0 spiro atoms. The van der Waals surface area contributed by atoms with E-state index in [2.05, 4.69) is 34.3 Å². The molecule has 0 saturated heterocycles. The Balaban J connectivity index is 1.66. The van der Waals surface area contributed by atoms with Crippen LogP contribution in [0.4, 0.5) is 5.82 Å². The second-order valence-corrected chi connectivity index (χ2v) is 7.18. The molecule has 4 rings (SSSR count). The van der Waals surface area contributed by atoms with Gasteiger partial charge in [0.2, 0.25) is 5.91 Å². The van der Waals surface area contributed by atoms with Crippen molar-refractivity contribution in [2.75, 3.05) is 5.32 Å². The van der Waals surface area contributed by atoms with Crippen molar-refractivity contribution in [3.05, 3.63) is 76.3 Å². The summed E-state index contributed by atoms with van der Waals surface area (Å²) in [7, 11) is 0. The molecule has 0 bridgehead atoms. The highest BCUT2D eigenvalue weighted by atomic mass is 32.1. The van der Waals surface area contributed by atoms with Crippen molar-refractivity contribution in [2.45, 2.75) is 19.9 Å². The minimum Gasteiger partial charge on any atom is -0.309 e. The molecule has 0 radical (unpaired) electrons. The van der Waals surface area contributed by atoms with Crippen molar-refractivity contribution in [2.24, 2.45) is 0 Å². The number of hydrogen-bond donors (Lipinski definition) is 1. The van der Waals surface area contributed by atoms with E-state index in [9.17, 15) is 9.59 Å². The van der Waals surface area contributed by atoms with Crippen LogP contribution >= 0.6 is 11.3 Å². The van der Waals surface area contributed by atoms with Crippen LogP contribution in [0.2, 0.25) is 0 Å². The first-order chi connectivity index (χ1) is 13.7. The third kappa shape index (κ3) is 3.57. The van der Waals surface area contributed by atoms with Crippen molar-refractivity contribution in [1.29, 1.82) is 0 Å². The summed E-state index contributed by atoms with van der Waals surface area (Å²) in [6, 6.07) is 13.4. The van der Waals surface area contributed by atoms with E-state index >= 15 is 0 Å². The molecular formula is C21H18N4O2S. The smallest absolute Gasteiger partial charge is 0.263 e. The number of carbonyl (C=O) groups is 1. The van der Waals surface area contributed by atoms with Crippen LogP contribution in [0.3, 0.4) is 0 Å². The number of aryl methyl sites for hydroxylation is 1. The Morgan fingerprint density at radius 3 is 2.68 bits per heavy atom. The zero-order chi connectivity index (χ0) is 19.5. The van der Waals surface area contributed by atoms with E-state index in [1.54, 1.807) is 24.4 Å². The number of thiophene rings is 1. The molecule has 0 aliphatic rings. The van der Waals surface area contributed by atoms with E-state index in [-0.39, 0.29) is 18.0 Å². The minimum atomic E-state index is -0.328. The molecular weight excluding hydrogens is 372 g/mol. The summed E-state index contributed by atoms with van der Waals surface area (Å²) in [6.07, 6.45) is 3.98. The molecule has 3 heterocycles. The van der Waals surface area contributed by atoms with Gasteiger partial charge in [0, 0.05) is 17.1 Å². The lowest BCUT2D eigenvalue weighted by atomic mass is 10.0. The Labute approximate surface area is 165 Å². The second-order valence-electron chi connectivity index (χ2n) is 6.32. The maximum absolute atomic E-state index is 13.0. The lowest BCUT2D eigenvalue weighted by Crippen LogP contribution is -2.28. The fourth-order valence-electron chi connectivity index (χ4n) is 2.99. The van der Waals surface area contributed by atoms with Crippen molar-refractivity contribution >= 4 is 33.3 Å². The normalized spacial score (nSPS) is 10.9. The molecule has 0 unspecified atom stereocenters. The summed E-state index contributed by atoms with van der Waals surface area (Å²) in [5.41, 5.74) is 2.83. The molecule has 0 aliphatic heterocycles. The van der Waals surface area contributed by atoms with Crippen LogP contribution in [-0.2, 0) is 17.8 Å². The van der Waals surface area contributed by atoms with Crippen molar-refractivity contribution in [3.8, 4) is 11.1 Å². The van der Waals surface area contributed by atoms with Gasteiger partial charge in [0.1, 0.15) is 17.2 Å². The molecule has 0 atom stereocenters. The molecule has 1 aromatic carbocycles. The SMILES string of the molecule is CCc1ccc(-c2csc3ncn(CC(=O)Nc4ccccn4)c(=O)c23)cc1. The van der Waals surface area contributed by atoms with Gasteiger partial charge in [0.15, 0.2) is 0 Å². The van der Waals surface area contributed by atoms with Gasteiger partial charge in [-0.3, -0.25) is 14.2 Å². The average Bonchev–Trinajstić information content (AvgIpc) is 3.16. The van der Waals surface area contributed by atoms with Crippen molar-refractivity contribution < 1.29 is 4.79 Å². The van der Waals surface area contributed by atoms with Gasteiger partial charge in [0.25, 0.3) is 5.56 Å². The fraction of sp³-hybridized carbons (Fsp3) is 0.143. The number of nitrogens with one attached hydrogen (secondary N) is 1. The Bertz CT molecular complexity index is 1180. The predicted molar refractivity (Wildman–Crippen MR) is 112 cm³/mol. The summed E-state index contributed by atoms with van der Waals surface area (Å²) in [5, 5.41) is 5.17. The minimum absolute atomic E-state index is 0.123. The van der Waals surface area contributed by atoms with Crippen LogP contribution in [0.5, 0.6) is 0 Å². The second kappa shape index (κ2) is 7.74. The third-order valence-electron chi connectivity index (χ3n) is 4.48. The zero-order valence-corrected chi connectivity index (χ0v) is 16.1. The monoisotopic (exact) mass is 390 g/mol. The lowest BCUT2D eigenvalue weighted by Gasteiger charge is -2.07. The van der Waals surface area contributed by atoms with Gasteiger partial charge in [-0.25, -0.2) is 9.97 Å². The molecule has 0 aliphatic carbocycles. The Kier molecular flexibility index (Phi) is 4.99. The number of amides is 1. The highest BCUT2D eigenvalue weighted by Gasteiger charge is 2.15. The number of pyridine rings is 1. The Morgan fingerprint density at radius 1 is 1.14 bits per heavy atom. The van der Waals surface area contributed by atoms with Crippen LogP contribution < -0.4 is 10.9 Å². The molecule has 140 valence electrons. The number of anilines is 1. The fourth-order valence-corrected chi connectivity index (χ4v) is 3.89. The molecule has 1 N–H and O–H groups in total. The van der Waals surface area contributed by atoms with E-state index in [0.29, 0.717) is 16.0 Å². The van der Waals surface area contributed by atoms with E-state index in [4.69, 9.17) is 0 Å². The van der Waals surface area contributed by atoms with Gasteiger partial charge in [-0.15, -0.1) is 11.3 Å². The number of aromatic nitrogens is 3. The van der Waals surface area contributed by atoms with Crippen molar-refractivity contribution in [3.63, 3.8) is 0 Å². The summed E-state index contributed by atoms with van der Waals surface area (Å²) in [6.45, 7) is 1.98. The topological polar surface area (TPSA) is 76.9 Å². The predicted octanol–water partition coefficient (Wildman–Crippen LogP) is 3.72. The van der Waals surface area contributed by atoms with Crippen LogP contribution in [-0.4, -0.2) is 20.4 Å². The highest BCUT2D eigenvalue weighted by molar-refractivity contribution is 7.17. The number of rotatable bonds is 5. The molecule has 0 fully saturated rings. The molecule has 7 heteroatoms. The first kappa shape index (κ1) is 18.1. The molecule has 1 amide bonds. The lowest BCUT2D eigenvalue weighted by molar-refractivity contribution is -0.116. The van der Waals surface area contributed by atoms with E-state index in [1.165, 1.54) is 27.8 Å². The highest BCUT2D eigenvalue weighted by Crippen LogP contribution is 2.30. The molecule has 28 heavy (non-hydrogen) atoms. The van der Waals surface area contributed by atoms with E-state index < -0.39 is 0 Å². The third-order valence-corrected chi connectivity index (χ3v) is 5.37. The van der Waals surface area contributed by atoms with Crippen LogP contribution in [0, 0.1) is 0 Å². The average molecular weight is 390 g/mol. The van der Waals surface area contributed by atoms with E-state index in [0.717, 1.165) is 17.5 Å². The Hall–Kier alpha value is -3.32. The maximum atomic E-state index is 13.0. The van der Waals surface area contributed by atoms with Crippen LogP contribution in [0.1, 0.15) is 12.5 Å². The summed E-state index contributed by atoms with van der Waals surface area (Å²) < 4.78 is 1.33. The van der Waals surface area contributed by atoms with Gasteiger partial charge < -0.3 is 5.32 Å². The standard InChI is InChI=1S/C21H18N4O2S/c1-2-14-6-8-15(9-7-14)16-12-28-20-19(16)21(27)25(13-23-20)11-18(26)24-17-5-3-4-10-22-17/h3-10,12-13H,2,11H2,1H3,(H,22,24,26). The molecule has 4 aromatic rings. The van der Waals surface area contributed by atoms with Crippen molar-refractivity contribution in [1.82, 2.24) is 14.5 Å². The number of benzene rings is 1. The van der Waals surface area contributed by atoms with Gasteiger partial charge >= 0.3 is 0 Å². The first-order valence-electron chi connectivity index (χ1n) is 8.92. The maximum Gasteiger partial charge on any atom is 0.263 e. The van der Waals surface area contributed by atoms with Gasteiger partial charge in [-0.1, -0.05) is 37.3 Å². The van der Waals surface area contributed by atoms with Gasteiger partial charge in [-0.05, 0) is 29.7 Å². The quantitative estimate of drug-likeness (QED) is 0.563. The van der Waals surface area contributed by atoms with Gasteiger partial charge in [0.05, 0.1) is 11.7 Å². The zero-order valence-electron chi connectivity index (χ0n) is 15.3. The van der Waals surface area contributed by atoms with Crippen LogP contribution in [0.15, 0.2) is 65.2 Å². The Morgan fingerprint density at radius 2 is 1.96 bits per heavy atom. The molecule has 6 nitrogen and oxygen atoms in total. The number of fused-ring (bicyclic) bond motifs is 1. The van der Waals surface area contributed by atoms with E-state index in [1.807, 2.05) is 17.5 Å². The number of nitrogens with zero attached hydrogens (tertiary/aromatic N) is 3. The summed E-state index contributed by atoms with van der Waals surface area (Å²) >= 11 is 1.43. The van der Waals surface area contributed by atoms with Crippen LogP contribution in [0.25, 0.3) is 21.3 Å². The summed E-state index contributed by atoms with van der Waals surface area (Å²) in [5.74, 6) is 0.118. The largest absolute Gasteiger partial charge is 0.309 e. The molecule has 0 saturated carbocycles.